The fourth-order valence-electron chi connectivity index (χ4n) is 4.88. The standard InChI is InChI=1S/C15H29N/c1-4-15(5-2)13-11-9-7-6-8-10-12(13)14(15)16-3/h12-14,16H,4-11H2,1-3H3. The Kier molecular flexibility index (Phi) is 3.94. The van der Waals surface area contributed by atoms with Crippen LogP contribution < -0.4 is 5.32 Å². The molecule has 1 heteroatoms. The van der Waals surface area contributed by atoms with Crippen molar-refractivity contribution in [2.75, 3.05) is 7.05 Å². The van der Waals surface area contributed by atoms with Gasteiger partial charge in [-0.05, 0) is 50.0 Å². The summed E-state index contributed by atoms with van der Waals surface area (Å²) in [4.78, 5) is 0. The van der Waals surface area contributed by atoms with Gasteiger partial charge in [0.2, 0.25) is 0 Å². The zero-order valence-electron chi connectivity index (χ0n) is 11.4. The summed E-state index contributed by atoms with van der Waals surface area (Å²) < 4.78 is 0. The molecule has 94 valence electrons. The minimum Gasteiger partial charge on any atom is -0.316 e. The van der Waals surface area contributed by atoms with Gasteiger partial charge in [0.15, 0.2) is 0 Å². The van der Waals surface area contributed by atoms with Crippen LogP contribution in [0.2, 0.25) is 0 Å². The molecule has 0 heterocycles. The highest BCUT2D eigenvalue weighted by Crippen LogP contribution is 2.59. The Hall–Kier alpha value is -0.0400. The van der Waals surface area contributed by atoms with Crippen LogP contribution in [0, 0.1) is 17.3 Å². The molecule has 0 amide bonds. The summed E-state index contributed by atoms with van der Waals surface area (Å²) in [7, 11) is 2.18. The van der Waals surface area contributed by atoms with Crippen LogP contribution >= 0.6 is 0 Å². The Morgan fingerprint density at radius 3 is 2.19 bits per heavy atom. The van der Waals surface area contributed by atoms with Gasteiger partial charge in [-0.2, -0.15) is 0 Å². The van der Waals surface area contributed by atoms with Crippen LogP contribution in [0.3, 0.4) is 0 Å². The van der Waals surface area contributed by atoms with Crippen molar-refractivity contribution >= 4 is 0 Å². The SMILES string of the molecule is CCC1(CC)C2CCCCCCC2C1NC. The molecule has 2 aliphatic carbocycles. The lowest BCUT2D eigenvalue weighted by molar-refractivity contribution is -0.106. The largest absolute Gasteiger partial charge is 0.316 e. The summed E-state index contributed by atoms with van der Waals surface area (Å²) in [5, 5.41) is 3.64. The van der Waals surface area contributed by atoms with Gasteiger partial charge in [0, 0.05) is 6.04 Å². The second kappa shape index (κ2) is 5.08. The molecule has 0 spiro atoms. The first-order valence-corrected chi connectivity index (χ1v) is 7.47. The third-order valence-electron chi connectivity index (χ3n) is 5.73. The Morgan fingerprint density at radius 1 is 1.00 bits per heavy atom. The van der Waals surface area contributed by atoms with E-state index in [-0.39, 0.29) is 0 Å². The van der Waals surface area contributed by atoms with E-state index >= 15 is 0 Å². The molecule has 0 radical (unpaired) electrons. The fraction of sp³-hybridized carbons (Fsp3) is 1.00. The highest BCUT2D eigenvalue weighted by Gasteiger charge is 2.57. The van der Waals surface area contributed by atoms with Crippen LogP contribution in [0.4, 0.5) is 0 Å². The molecule has 0 saturated heterocycles. The van der Waals surface area contributed by atoms with Crippen molar-refractivity contribution in [3.8, 4) is 0 Å². The fourth-order valence-corrected chi connectivity index (χ4v) is 4.88. The molecule has 2 fully saturated rings. The van der Waals surface area contributed by atoms with E-state index in [0.717, 1.165) is 17.9 Å². The van der Waals surface area contributed by atoms with Crippen molar-refractivity contribution in [1.82, 2.24) is 5.32 Å². The second-order valence-corrected chi connectivity index (χ2v) is 5.97. The lowest BCUT2D eigenvalue weighted by Crippen LogP contribution is -2.65. The van der Waals surface area contributed by atoms with Crippen LogP contribution in [0.5, 0.6) is 0 Å². The molecule has 2 rings (SSSR count). The quantitative estimate of drug-likeness (QED) is 0.763. The van der Waals surface area contributed by atoms with Crippen molar-refractivity contribution in [3.05, 3.63) is 0 Å². The van der Waals surface area contributed by atoms with Gasteiger partial charge in [-0.25, -0.2) is 0 Å². The van der Waals surface area contributed by atoms with Crippen LogP contribution in [0.15, 0.2) is 0 Å². The van der Waals surface area contributed by atoms with Gasteiger partial charge in [-0.3, -0.25) is 0 Å². The number of hydrogen-bond donors (Lipinski definition) is 1. The Balaban J connectivity index is 2.13. The van der Waals surface area contributed by atoms with Crippen molar-refractivity contribution < 1.29 is 0 Å². The van der Waals surface area contributed by atoms with Gasteiger partial charge in [-0.1, -0.05) is 39.5 Å². The average molecular weight is 223 g/mol. The lowest BCUT2D eigenvalue weighted by Gasteiger charge is -2.63. The summed E-state index contributed by atoms with van der Waals surface area (Å²) in [5.41, 5.74) is 0.636. The predicted octanol–water partition coefficient (Wildman–Crippen LogP) is 3.98. The van der Waals surface area contributed by atoms with Gasteiger partial charge >= 0.3 is 0 Å². The van der Waals surface area contributed by atoms with E-state index < -0.39 is 0 Å². The molecule has 0 aromatic rings. The van der Waals surface area contributed by atoms with Crippen LogP contribution in [0.1, 0.15) is 65.2 Å². The van der Waals surface area contributed by atoms with Crippen LogP contribution in [-0.2, 0) is 0 Å². The van der Waals surface area contributed by atoms with Gasteiger partial charge in [0.1, 0.15) is 0 Å². The summed E-state index contributed by atoms with van der Waals surface area (Å²) in [6.07, 6.45) is 11.7. The number of rotatable bonds is 3. The molecule has 3 unspecified atom stereocenters. The Morgan fingerprint density at radius 2 is 1.62 bits per heavy atom. The van der Waals surface area contributed by atoms with E-state index in [0.29, 0.717) is 5.41 Å². The van der Waals surface area contributed by atoms with E-state index in [4.69, 9.17) is 0 Å². The Labute approximate surface area is 101 Å². The van der Waals surface area contributed by atoms with Gasteiger partial charge < -0.3 is 5.32 Å². The summed E-state index contributed by atoms with van der Waals surface area (Å²) in [6, 6.07) is 0.811. The third kappa shape index (κ3) is 1.72. The average Bonchev–Trinajstić information content (AvgIpc) is 2.27. The normalized spacial score (nSPS) is 38.1. The number of nitrogens with one attached hydrogen (secondary N) is 1. The monoisotopic (exact) mass is 223 g/mol. The molecule has 2 aliphatic rings. The first-order chi connectivity index (χ1) is 7.80. The maximum absolute atomic E-state index is 3.64. The molecule has 1 nitrogen and oxygen atoms in total. The maximum Gasteiger partial charge on any atom is 0.0154 e. The summed E-state index contributed by atoms with van der Waals surface area (Å²) in [6.45, 7) is 4.81. The van der Waals surface area contributed by atoms with Crippen molar-refractivity contribution in [2.24, 2.45) is 17.3 Å². The molecular weight excluding hydrogens is 194 g/mol. The minimum atomic E-state index is 0.636. The van der Waals surface area contributed by atoms with Crippen LogP contribution in [0.25, 0.3) is 0 Å². The smallest absolute Gasteiger partial charge is 0.0154 e. The third-order valence-corrected chi connectivity index (χ3v) is 5.73. The van der Waals surface area contributed by atoms with Gasteiger partial charge in [-0.15, -0.1) is 0 Å². The minimum absolute atomic E-state index is 0.636. The molecule has 0 aromatic carbocycles. The number of hydrogen-bond acceptors (Lipinski definition) is 1. The predicted molar refractivity (Wildman–Crippen MR) is 70.5 cm³/mol. The van der Waals surface area contributed by atoms with Crippen molar-refractivity contribution in [1.29, 1.82) is 0 Å². The maximum atomic E-state index is 3.64. The molecule has 1 N–H and O–H groups in total. The number of fused-ring (bicyclic) bond motifs is 1. The highest BCUT2D eigenvalue weighted by atomic mass is 15.0. The van der Waals surface area contributed by atoms with Gasteiger partial charge in [0.05, 0.1) is 0 Å². The zero-order chi connectivity index (χ0) is 11.6. The zero-order valence-corrected chi connectivity index (χ0v) is 11.4. The molecule has 0 aliphatic heterocycles. The molecule has 0 bridgehead atoms. The van der Waals surface area contributed by atoms with Gasteiger partial charge in [0.25, 0.3) is 0 Å². The first-order valence-electron chi connectivity index (χ1n) is 7.47. The Bertz CT molecular complexity index is 219. The highest BCUT2D eigenvalue weighted by molar-refractivity contribution is 5.10. The van der Waals surface area contributed by atoms with E-state index in [1.165, 1.54) is 51.4 Å². The summed E-state index contributed by atoms with van der Waals surface area (Å²) in [5.74, 6) is 2.02. The van der Waals surface area contributed by atoms with E-state index in [2.05, 4.69) is 26.2 Å². The molecule has 3 atom stereocenters. The van der Waals surface area contributed by atoms with Crippen molar-refractivity contribution in [2.45, 2.75) is 71.3 Å². The van der Waals surface area contributed by atoms with Crippen molar-refractivity contribution in [3.63, 3.8) is 0 Å². The lowest BCUT2D eigenvalue weighted by atomic mass is 9.45. The first kappa shape index (κ1) is 12.4. The van der Waals surface area contributed by atoms with E-state index in [1.54, 1.807) is 0 Å². The van der Waals surface area contributed by atoms with E-state index in [9.17, 15) is 0 Å². The van der Waals surface area contributed by atoms with Crippen LogP contribution in [-0.4, -0.2) is 13.1 Å². The summed E-state index contributed by atoms with van der Waals surface area (Å²) >= 11 is 0. The molecule has 0 aromatic heterocycles. The molecule has 2 saturated carbocycles. The topological polar surface area (TPSA) is 12.0 Å². The second-order valence-electron chi connectivity index (χ2n) is 5.97. The molecular formula is C15H29N. The van der Waals surface area contributed by atoms with E-state index in [1.807, 2.05) is 0 Å². The molecule has 16 heavy (non-hydrogen) atoms.